The van der Waals surface area contributed by atoms with Crippen LogP contribution in [0.15, 0.2) is 42.5 Å². The highest BCUT2D eigenvalue weighted by molar-refractivity contribution is 5.50. The maximum absolute atomic E-state index is 11.4. The third kappa shape index (κ3) is 4.55. The molecule has 0 spiro atoms. The van der Waals surface area contributed by atoms with Crippen LogP contribution in [0.3, 0.4) is 0 Å². The zero-order chi connectivity index (χ0) is 22.4. The molecule has 2 aromatic rings. The smallest absolute Gasteiger partial charge is 0.124 e. The molecule has 4 atom stereocenters. The first-order chi connectivity index (χ1) is 14.6. The fourth-order valence-corrected chi connectivity index (χ4v) is 5.81. The van der Waals surface area contributed by atoms with Gasteiger partial charge in [-0.2, -0.15) is 0 Å². The molecule has 2 nitrogen and oxygen atoms in total. The van der Waals surface area contributed by atoms with Crippen molar-refractivity contribution in [3.63, 3.8) is 0 Å². The number of benzene rings is 2. The third-order valence-corrected chi connectivity index (χ3v) is 7.67. The van der Waals surface area contributed by atoms with Gasteiger partial charge in [-0.05, 0) is 71.1 Å². The number of aromatic hydroxyl groups is 1. The number of fused-ring (bicyclic) bond motifs is 1. The molecule has 0 amide bonds. The number of phenolic OH excluding ortho intramolecular Hbond substituents is 1. The van der Waals surface area contributed by atoms with Gasteiger partial charge in [-0.3, -0.25) is 0 Å². The normalized spacial score (nSPS) is 27.0. The number of rotatable bonds is 2. The Kier molecular flexibility index (Phi) is 5.98. The summed E-state index contributed by atoms with van der Waals surface area (Å²) in [6.45, 7) is 13.4. The standard InChI is InChI=1S/C29H41NO/c1-28(2,3)21-17-23(27(31)24(18-21)29(4,5)6)25-16-15-20-13-10-14-22(26(20)30-25)19-11-8-7-9-12-19/h7-9,11-12,17-18,20,22,25-26,30-31H,10,13-16H2,1-6H3. The quantitative estimate of drug-likeness (QED) is 0.533. The van der Waals surface area contributed by atoms with Gasteiger partial charge in [0.2, 0.25) is 0 Å². The average molecular weight is 420 g/mol. The Bertz CT molecular complexity index is 903. The molecule has 2 aliphatic rings. The van der Waals surface area contributed by atoms with Gasteiger partial charge in [0.25, 0.3) is 0 Å². The summed E-state index contributed by atoms with van der Waals surface area (Å²) in [5.74, 6) is 1.81. The van der Waals surface area contributed by atoms with E-state index in [0.29, 0.717) is 17.7 Å². The molecule has 2 aromatic carbocycles. The van der Waals surface area contributed by atoms with Crippen LogP contribution < -0.4 is 5.32 Å². The van der Waals surface area contributed by atoms with E-state index in [1.54, 1.807) is 0 Å². The van der Waals surface area contributed by atoms with Crippen LogP contribution in [0.2, 0.25) is 0 Å². The van der Waals surface area contributed by atoms with Gasteiger partial charge in [-0.25, -0.2) is 0 Å². The second kappa shape index (κ2) is 8.28. The Balaban J connectivity index is 1.71. The lowest BCUT2D eigenvalue weighted by molar-refractivity contribution is 0.153. The minimum Gasteiger partial charge on any atom is -0.507 e. The van der Waals surface area contributed by atoms with E-state index in [9.17, 15) is 5.11 Å². The molecule has 2 heteroatoms. The highest BCUT2D eigenvalue weighted by Gasteiger charge is 2.40. The largest absolute Gasteiger partial charge is 0.507 e. The first kappa shape index (κ1) is 22.4. The van der Waals surface area contributed by atoms with E-state index in [0.717, 1.165) is 23.5 Å². The molecule has 1 saturated carbocycles. The molecule has 168 valence electrons. The second-order valence-electron chi connectivity index (χ2n) is 12.0. The van der Waals surface area contributed by atoms with Gasteiger partial charge in [0.15, 0.2) is 0 Å². The topological polar surface area (TPSA) is 32.3 Å². The first-order valence-corrected chi connectivity index (χ1v) is 12.2. The SMILES string of the molecule is CC(C)(C)c1cc(C2CCC3CCCC(c4ccccc4)C3N2)c(O)c(C(C)(C)C)c1. The van der Waals surface area contributed by atoms with Crippen molar-refractivity contribution in [1.29, 1.82) is 0 Å². The monoisotopic (exact) mass is 419 g/mol. The lowest BCUT2D eigenvalue weighted by Crippen LogP contribution is -2.48. The third-order valence-electron chi connectivity index (χ3n) is 7.67. The van der Waals surface area contributed by atoms with Gasteiger partial charge in [-0.15, -0.1) is 0 Å². The predicted octanol–water partition coefficient (Wildman–Crippen LogP) is 7.36. The molecule has 1 aliphatic heterocycles. The summed E-state index contributed by atoms with van der Waals surface area (Å²) < 4.78 is 0. The van der Waals surface area contributed by atoms with Crippen molar-refractivity contribution in [1.82, 2.24) is 5.32 Å². The van der Waals surface area contributed by atoms with Gasteiger partial charge >= 0.3 is 0 Å². The van der Waals surface area contributed by atoms with Crippen LogP contribution in [0.1, 0.15) is 108 Å². The van der Waals surface area contributed by atoms with Crippen molar-refractivity contribution in [3.05, 3.63) is 64.7 Å². The van der Waals surface area contributed by atoms with Crippen LogP contribution in [0.4, 0.5) is 0 Å². The Morgan fingerprint density at radius 3 is 2.19 bits per heavy atom. The van der Waals surface area contributed by atoms with Gasteiger partial charge in [0.05, 0.1) is 0 Å². The molecule has 2 fully saturated rings. The lowest BCUT2D eigenvalue weighted by atomic mass is 9.69. The van der Waals surface area contributed by atoms with Gasteiger partial charge in [-0.1, -0.05) is 84.4 Å². The minimum absolute atomic E-state index is 0.0526. The van der Waals surface area contributed by atoms with Gasteiger partial charge in [0, 0.05) is 17.6 Å². The van der Waals surface area contributed by atoms with E-state index < -0.39 is 0 Å². The zero-order valence-corrected chi connectivity index (χ0v) is 20.3. The van der Waals surface area contributed by atoms with E-state index >= 15 is 0 Å². The van der Waals surface area contributed by atoms with Crippen LogP contribution in [0, 0.1) is 5.92 Å². The molecule has 0 radical (unpaired) electrons. The Morgan fingerprint density at radius 1 is 0.839 bits per heavy atom. The molecule has 4 rings (SSSR count). The molecular formula is C29H41NO. The van der Waals surface area contributed by atoms with Crippen LogP contribution in [0.25, 0.3) is 0 Å². The number of piperidine rings is 1. The first-order valence-electron chi connectivity index (χ1n) is 12.2. The predicted molar refractivity (Wildman–Crippen MR) is 131 cm³/mol. The average Bonchev–Trinajstić information content (AvgIpc) is 2.72. The molecule has 4 unspecified atom stereocenters. The van der Waals surface area contributed by atoms with Gasteiger partial charge < -0.3 is 10.4 Å². The summed E-state index contributed by atoms with van der Waals surface area (Å²) in [5, 5.41) is 15.5. The Hall–Kier alpha value is -1.80. The van der Waals surface area contributed by atoms with Crippen molar-refractivity contribution in [3.8, 4) is 5.75 Å². The molecule has 0 aromatic heterocycles. The van der Waals surface area contributed by atoms with E-state index in [1.165, 1.54) is 36.8 Å². The molecule has 0 bridgehead atoms. The molecule has 1 saturated heterocycles. The van der Waals surface area contributed by atoms with Crippen LogP contribution in [-0.4, -0.2) is 11.1 Å². The van der Waals surface area contributed by atoms with Crippen molar-refractivity contribution in [2.75, 3.05) is 0 Å². The molecule has 31 heavy (non-hydrogen) atoms. The van der Waals surface area contributed by atoms with Crippen molar-refractivity contribution in [2.24, 2.45) is 5.92 Å². The molecule has 1 aliphatic carbocycles. The Labute approximate surface area is 189 Å². The maximum Gasteiger partial charge on any atom is 0.124 e. The van der Waals surface area contributed by atoms with Crippen LogP contribution >= 0.6 is 0 Å². The van der Waals surface area contributed by atoms with Crippen molar-refractivity contribution < 1.29 is 5.11 Å². The number of nitrogens with one attached hydrogen (secondary N) is 1. The molecule has 1 heterocycles. The van der Waals surface area contributed by atoms with Crippen molar-refractivity contribution >= 4 is 0 Å². The number of hydrogen-bond donors (Lipinski definition) is 2. The number of phenols is 1. The van der Waals surface area contributed by atoms with E-state index in [-0.39, 0.29) is 16.9 Å². The fraction of sp³-hybridized carbons (Fsp3) is 0.586. The second-order valence-corrected chi connectivity index (χ2v) is 12.0. The van der Waals surface area contributed by atoms with E-state index in [2.05, 4.69) is 89.3 Å². The summed E-state index contributed by atoms with van der Waals surface area (Å²) in [6, 6.07) is 16.3. The summed E-state index contributed by atoms with van der Waals surface area (Å²) in [7, 11) is 0. The maximum atomic E-state index is 11.4. The summed E-state index contributed by atoms with van der Waals surface area (Å²) in [5.41, 5.74) is 4.92. The summed E-state index contributed by atoms with van der Waals surface area (Å²) in [6.07, 6.45) is 6.26. The summed E-state index contributed by atoms with van der Waals surface area (Å²) >= 11 is 0. The Morgan fingerprint density at radius 2 is 1.55 bits per heavy atom. The van der Waals surface area contributed by atoms with Crippen LogP contribution in [-0.2, 0) is 10.8 Å². The molecular weight excluding hydrogens is 378 g/mol. The highest BCUT2D eigenvalue weighted by Crippen LogP contribution is 2.47. The van der Waals surface area contributed by atoms with E-state index in [1.807, 2.05) is 0 Å². The van der Waals surface area contributed by atoms with E-state index in [4.69, 9.17) is 0 Å². The van der Waals surface area contributed by atoms with Crippen molar-refractivity contribution in [2.45, 2.75) is 102 Å². The lowest BCUT2D eigenvalue weighted by Gasteiger charge is -2.46. The zero-order valence-electron chi connectivity index (χ0n) is 20.3. The fourth-order valence-electron chi connectivity index (χ4n) is 5.81. The van der Waals surface area contributed by atoms with Gasteiger partial charge in [0.1, 0.15) is 5.75 Å². The minimum atomic E-state index is -0.0886. The highest BCUT2D eigenvalue weighted by atomic mass is 16.3. The van der Waals surface area contributed by atoms with Crippen LogP contribution in [0.5, 0.6) is 5.75 Å². The number of hydrogen-bond acceptors (Lipinski definition) is 2. The molecule has 2 N–H and O–H groups in total. The summed E-state index contributed by atoms with van der Waals surface area (Å²) in [4.78, 5) is 0.